The molecular formula is C26H29F2N2O4P. The minimum absolute atomic E-state index is 0.0396. The van der Waals surface area contributed by atoms with Gasteiger partial charge in [0.05, 0.1) is 11.1 Å². The largest absolute Gasteiger partial charge is 0.512 e. The van der Waals surface area contributed by atoms with Gasteiger partial charge in [-0.25, -0.2) is 8.78 Å². The van der Waals surface area contributed by atoms with Crippen LogP contribution in [-0.2, 0) is 11.1 Å². The molecule has 4 rings (SSSR count). The van der Waals surface area contributed by atoms with Crippen LogP contribution in [0.1, 0.15) is 45.1 Å². The molecule has 4 N–H and O–H groups in total. The minimum atomic E-state index is -4.36. The molecule has 9 heteroatoms. The topological polar surface area (TPSA) is 107 Å². The Morgan fingerprint density at radius 1 is 1.11 bits per heavy atom. The van der Waals surface area contributed by atoms with Crippen LogP contribution in [0.5, 0.6) is 0 Å². The van der Waals surface area contributed by atoms with Crippen molar-refractivity contribution in [1.29, 1.82) is 5.41 Å². The average Bonchev–Trinajstić information content (AvgIpc) is 3.12. The molecule has 1 aromatic heterocycles. The Balaban J connectivity index is 1.81. The van der Waals surface area contributed by atoms with Crippen molar-refractivity contribution in [2.24, 2.45) is 5.92 Å². The molecule has 0 unspecified atom stereocenters. The summed E-state index contributed by atoms with van der Waals surface area (Å²) in [5.41, 5.74) is 3.81. The molecule has 6 nitrogen and oxygen atoms in total. The molecule has 2 aromatic carbocycles. The number of benzene rings is 2. The maximum atomic E-state index is 13.7. The maximum absolute atomic E-state index is 13.7. The number of aromatic nitrogens is 1. The number of nitrogens with zero attached hydrogens (tertiary/aromatic N) is 1. The molecule has 186 valence electrons. The summed E-state index contributed by atoms with van der Waals surface area (Å²) < 4.78 is 41.0. The number of aliphatic hydroxyl groups is 1. The van der Waals surface area contributed by atoms with Crippen molar-refractivity contribution in [3.63, 3.8) is 0 Å². The molecule has 0 spiro atoms. The van der Waals surface area contributed by atoms with Crippen LogP contribution < -0.4 is 5.30 Å². The fraction of sp³-hybridized carbons (Fsp3) is 0.346. The number of allylic oxidation sites excluding steroid dienone is 2. The van der Waals surface area contributed by atoms with Gasteiger partial charge >= 0.3 is 7.60 Å². The van der Waals surface area contributed by atoms with Gasteiger partial charge in [-0.1, -0.05) is 24.3 Å². The van der Waals surface area contributed by atoms with E-state index in [4.69, 9.17) is 5.41 Å². The molecular weight excluding hydrogens is 473 g/mol. The van der Waals surface area contributed by atoms with Gasteiger partial charge in [0, 0.05) is 53.3 Å². The molecule has 1 saturated carbocycles. The molecule has 0 amide bonds. The van der Waals surface area contributed by atoms with Crippen LogP contribution in [0.4, 0.5) is 8.78 Å². The first-order valence-corrected chi connectivity index (χ1v) is 13.1. The standard InChI is InChI=1S/C26H29F2N2O4P/c1-16(29)25(17(2)31)20-5-8-22-23(19-3-6-21(7-4-19)35(32,33)34)15-30(24(22)13-20)14-18-9-11-26(27,28)12-10-18/h3-8,13,15,18,29,31H,9-12,14H2,1-2H3,(H2,32,33,34)/b25-17+,29-16?. The molecule has 1 aliphatic carbocycles. The lowest BCUT2D eigenvalue weighted by Crippen LogP contribution is -2.26. The highest BCUT2D eigenvalue weighted by molar-refractivity contribution is 7.60. The predicted molar refractivity (Wildman–Crippen MR) is 135 cm³/mol. The van der Waals surface area contributed by atoms with E-state index in [1.54, 1.807) is 19.1 Å². The number of aliphatic hydroxyl groups excluding tert-OH is 1. The smallest absolute Gasteiger partial charge is 0.356 e. The van der Waals surface area contributed by atoms with Crippen molar-refractivity contribution in [1.82, 2.24) is 4.57 Å². The number of alkyl halides is 2. The summed E-state index contributed by atoms with van der Waals surface area (Å²) in [6.07, 6.45) is 2.56. The summed E-state index contributed by atoms with van der Waals surface area (Å²) in [6, 6.07) is 11.8. The SMILES string of the molecule is CC(=N)/C(=C(/C)O)c1ccc2c(-c3ccc(P(=O)(O)O)cc3)cn(CC3CCC(F)(F)CC3)c2c1. The first-order valence-electron chi connectivity index (χ1n) is 11.5. The molecule has 35 heavy (non-hydrogen) atoms. The van der Waals surface area contributed by atoms with Gasteiger partial charge in [0.15, 0.2) is 0 Å². The molecule has 3 aromatic rings. The van der Waals surface area contributed by atoms with Crippen molar-refractivity contribution >= 4 is 35.1 Å². The number of hydrogen-bond donors (Lipinski definition) is 4. The summed E-state index contributed by atoms with van der Waals surface area (Å²) in [5, 5.41) is 19.1. The second-order valence-corrected chi connectivity index (χ2v) is 11.0. The van der Waals surface area contributed by atoms with E-state index in [0.29, 0.717) is 30.5 Å². The van der Waals surface area contributed by atoms with Gasteiger partial charge in [0.2, 0.25) is 5.92 Å². The van der Waals surface area contributed by atoms with Gasteiger partial charge in [-0.05, 0) is 61.9 Å². The Bertz CT molecular complexity index is 1340. The van der Waals surface area contributed by atoms with Crippen molar-refractivity contribution in [3.05, 3.63) is 60.0 Å². The minimum Gasteiger partial charge on any atom is -0.512 e. The van der Waals surface area contributed by atoms with Crippen LogP contribution in [0.3, 0.4) is 0 Å². The molecule has 1 aliphatic rings. The molecule has 1 heterocycles. The average molecular weight is 502 g/mol. The molecule has 0 bridgehead atoms. The lowest BCUT2D eigenvalue weighted by atomic mass is 9.86. The quantitative estimate of drug-likeness (QED) is 0.181. The first kappa shape index (κ1) is 25.3. The second kappa shape index (κ2) is 9.34. The highest BCUT2D eigenvalue weighted by atomic mass is 31.2. The zero-order chi connectivity index (χ0) is 25.5. The van der Waals surface area contributed by atoms with Gasteiger partial charge < -0.3 is 24.9 Å². The van der Waals surface area contributed by atoms with E-state index in [0.717, 1.165) is 22.0 Å². The lowest BCUT2D eigenvalue weighted by molar-refractivity contribution is -0.0472. The molecule has 0 radical (unpaired) electrons. The maximum Gasteiger partial charge on any atom is 0.356 e. The van der Waals surface area contributed by atoms with Crippen LogP contribution in [0.25, 0.3) is 27.6 Å². The Hall–Kier alpha value is -2.80. The van der Waals surface area contributed by atoms with E-state index in [-0.39, 0.29) is 35.5 Å². The molecule has 0 aliphatic heterocycles. The summed E-state index contributed by atoms with van der Waals surface area (Å²) in [7, 11) is -4.36. The summed E-state index contributed by atoms with van der Waals surface area (Å²) in [5.74, 6) is -2.47. The summed E-state index contributed by atoms with van der Waals surface area (Å²) in [4.78, 5) is 18.9. The van der Waals surface area contributed by atoms with E-state index in [2.05, 4.69) is 0 Å². The molecule has 0 saturated heterocycles. The number of hydrogen-bond acceptors (Lipinski definition) is 3. The van der Waals surface area contributed by atoms with Gasteiger partial charge in [-0.15, -0.1) is 0 Å². The van der Waals surface area contributed by atoms with E-state index >= 15 is 0 Å². The van der Waals surface area contributed by atoms with Crippen molar-refractivity contribution < 1.29 is 28.2 Å². The fourth-order valence-electron chi connectivity index (χ4n) is 4.92. The van der Waals surface area contributed by atoms with Gasteiger partial charge in [0.1, 0.15) is 0 Å². The predicted octanol–water partition coefficient (Wildman–Crippen LogP) is 6.27. The number of halogens is 2. The Morgan fingerprint density at radius 3 is 2.29 bits per heavy atom. The third-order valence-electron chi connectivity index (χ3n) is 6.71. The number of rotatable bonds is 6. The number of fused-ring (bicyclic) bond motifs is 1. The van der Waals surface area contributed by atoms with Crippen molar-refractivity contribution in [3.8, 4) is 11.1 Å². The van der Waals surface area contributed by atoms with Gasteiger partial charge in [0.25, 0.3) is 0 Å². The van der Waals surface area contributed by atoms with Crippen LogP contribution in [0.2, 0.25) is 0 Å². The second-order valence-electron chi connectivity index (χ2n) is 9.40. The van der Waals surface area contributed by atoms with E-state index < -0.39 is 13.5 Å². The third-order valence-corrected chi connectivity index (χ3v) is 7.68. The summed E-state index contributed by atoms with van der Waals surface area (Å²) in [6.45, 7) is 3.69. The van der Waals surface area contributed by atoms with Crippen LogP contribution in [0.15, 0.2) is 54.4 Å². The normalized spacial score (nSPS) is 17.4. The Labute approximate surface area is 202 Å². The molecule has 1 fully saturated rings. The zero-order valence-corrected chi connectivity index (χ0v) is 20.5. The lowest BCUT2D eigenvalue weighted by Gasteiger charge is -2.28. The zero-order valence-electron chi connectivity index (χ0n) is 19.6. The first-order chi connectivity index (χ1) is 16.4. The highest BCUT2D eigenvalue weighted by Crippen LogP contribution is 2.39. The van der Waals surface area contributed by atoms with Crippen LogP contribution in [0, 0.1) is 11.3 Å². The number of nitrogens with one attached hydrogen (secondary N) is 1. The fourth-order valence-corrected chi connectivity index (χ4v) is 5.46. The van der Waals surface area contributed by atoms with Gasteiger partial charge in [-0.2, -0.15) is 0 Å². The molecule has 0 atom stereocenters. The monoisotopic (exact) mass is 502 g/mol. The third kappa shape index (κ3) is 5.40. The van der Waals surface area contributed by atoms with Crippen LogP contribution >= 0.6 is 7.60 Å². The Kier molecular flexibility index (Phi) is 6.75. The van der Waals surface area contributed by atoms with Gasteiger partial charge in [-0.3, -0.25) is 4.57 Å². The van der Waals surface area contributed by atoms with E-state index in [1.807, 2.05) is 29.0 Å². The van der Waals surface area contributed by atoms with E-state index in [9.17, 15) is 28.2 Å². The summed E-state index contributed by atoms with van der Waals surface area (Å²) >= 11 is 0. The Morgan fingerprint density at radius 2 is 1.74 bits per heavy atom. The highest BCUT2D eigenvalue weighted by Gasteiger charge is 2.35. The van der Waals surface area contributed by atoms with Crippen LogP contribution in [-0.4, -0.2) is 31.1 Å². The van der Waals surface area contributed by atoms with E-state index in [1.165, 1.54) is 19.1 Å². The van der Waals surface area contributed by atoms with Crippen molar-refractivity contribution in [2.75, 3.05) is 0 Å². The van der Waals surface area contributed by atoms with Crippen molar-refractivity contribution in [2.45, 2.75) is 52.0 Å².